The van der Waals surface area contributed by atoms with Gasteiger partial charge in [0.25, 0.3) is 5.69 Å². The molecule has 1 aromatic carbocycles. The largest absolute Gasteiger partial charge is 0.273 e. The van der Waals surface area contributed by atoms with Gasteiger partial charge in [0.2, 0.25) is 0 Å². The Morgan fingerprint density at radius 2 is 2.20 bits per heavy atom. The summed E-state index contributed by atoms with van der Waals surface area (Å²) in [6.07, 6.45) is 1.61. The molecule has 0 bridgehead atoms. The summed E-state index contributed by atoms with van der Waals surface area (Å²) >= 11 is 0. The molecule has 0 saturated heterocycles. The minimum absolute atomic E-state index is 0.268. The van der Waals surface area contributed by atoms with Crippen molar-refractivity contribution in [2.24, 2.45) is 0 Å². The molecular weight excluding hydrogens is 197 g/mol. The average Bonchev–Trinajstić information content (AvgIpc) is 2.17. The van der Waals surface area contributed by atoms with Crippen LogP contribution in [-0.4, -0.2) is 4.92 Å². The number of rotatable bonds is 2. The molecule has 0 radical (unpaired) electrons. The molecule has 0 aromatic heterocycles. The number of halogens is 1. The first-order valence-electron chi connectivity index (χ1n) is 4.57. The van der Waals surface area contributed by atoms with Gasteiger partial charge in [0.05, 0.1) is 11.0 Å². The lowest BCUT2D eigenvalue weighted by molar-refractivity contribution is -0.385. The fourth-order valence-corrected chi connectivity index (χ4v) is 1.04. The van der Waals surface area contributed by atoms with Crippen molar-refractivity contribution in [3.05, 3.63) is 39.7 Å². The first-order valence-corrected chi connectivity index (χ1v) is 4.57. The van der Waals surface area contributed by atoms with Gasteiger partial charge >= 0.3 is 0 Å². The molecule has 0 atom stereocenters. The van der Waals surface area contributed by atoms with Crippen LogP contribution in [0.15, 0.2) is 18.2 Å². The Balaban J connectivity index is 3.00. The van der Waals surface area contributed by atoms with Crippen molar-refractivity contribution in [3.8, 4) is 11.8 Å². The lowest BCUT2D eigenvalue weighted by Crippen LogP contribution is -1.90. The van der Waals surface area contributed by atoms with Crippen molar-refractivity contribution in [2.45, 2.75) is 19.8 Å². The van der Waals surface area contributed by atoms with Crippen LogP contribution < -0.4 is 0 Å². The van der Waals surface area contributed by atoms with Crippen molar-refractivity contribution in [2.75, 3.05) is 0 Å². The highest BCUT2D eigenvalue weighted by Gasteiger charge is 2.08. The smallest absolute Gasteiger partial charge is 0.258 e. The molecule has 0 fully saturated rings. The Morgan fingerprint density at radius 1 is 1.47 bits per heavy atom. The fraction of sp³-hybridized carbons (Fsp3) is 0.273. The molecule has 0 N–H and O–H groups in total. The molecule has 3 nitrogen and oxygen atoms in total. The molecular formula is C11H10FNO2. The number of nitrogens with zero attached hydrogens (tertiary/aromatic N) is 1. The predicted octanol–water partition coefficient (Wildman–Crippen LogP) is 2.89. The molecule has 0 saturated carbocycles. The Morgan fingerprint density at radius 3 is 2.80 bits per heavy atom. The summed E-state index contributed by atoms with van der Waals surface area (Å²) in [5.74, 6) is 4.86. The van der Waals surface area contributed by atoms with Crippen LogP contribution in [0.2, 0.25) is 0 Å². The summed E-state index contributed by atoms with van der Waals surface area (Å²) < 4.78 is 12.9. The molecule has 0 aliphatic heterocycles. The third-order valence-corrected chi connectivity index (χ3v) is 1.70. The van der Waals surface area contributed by atoms with E-state index in [0.717, 1.165) is 12.5 Å². The van der Waals surface area contributed by atoms with Crippen molar-refractivity contribution < 1.29 is 9.31 Å². The highest BCUT2D eigenvalue weighted by atomic mass is 19.1. The van der Waals surface area contributed by atoms with Gasteiger partial charge < -0.3 is 0 Å². The van der Waals surface area contributed by atoms with E-state index >= 15 is 0 Å². The molecule has 0 heterocycles. The van der Waals surface area contributed by atoms with E-state index in [-0.39, 0.29) is 5.69 Å². The molecule has 0 aliphatic rings. The van der Waals surface area contributed by atoms with E-state index in [2.05, 4.69) is 11.8 Å². The van der Waals surface area contributed by atoms with Crippen LogP contribution >= 0.6 is 0 Å². The summed E-state index contributed by atoms with van der Waals surface area (Å²) in [5.41, 5.74) is 0.0750. The van der Waals surface area contributed by atoms with E-state index in [1.165, 1.54) is 12.1 Å². The molecule has 0 amide bonds. The number of nitro benzene ring substituents is 1. The summed E-state index contributed by atoms with van der Waals surface area (Å²) in [7, 11) is 0. The Labute approximate surface area is 87.1 Å². The highest BCUT2D eigenvalue weighted by Crippen LogP contribution is 2.15. The van der Waals surface area contributed by atoms with Gasteiger partial charge in [0.1, 0.15) is 5.82 Å². The molecule has 0 aliphatic carbocycles. The molecule has 0 unspecified atom stereocenters. The van der Waals surface area contributed by atoms with E-state index in [1.54, 1.807) is 0 Å². The maximum atomic E-state index is 12.9. The van der Waals surface area contributed by atoms with Gasteiger partial charge in [0.15, 0.2) is 0 Å². The van der Waals surface area contributed by atoms with Crippen LogP contribution in [-0.2, 0) is 0 Å². The van der Waals surface area contributed by atoms with E-state index in [4.69, 9.17) is 0 Å². The molecule has 15 heavy (non-hydrogen) atoms. The zero-order chi connectivity index (χ0) is 11.3. The maximum absolute atomic E-state index is 12.9. The molecule has 78 valence electrons. The zero-order valence-electron chi connectivity index (χ0n) is 8.29. The van der Waals surface area contributed by atoms with E-state index < -0.39 is 10.7 Å². The van der Waals surface area contributed by atoms with Crippen LogP contribution in [0.5, 0.6) is 0 Å². The number of nitro groups is 1. The molecule has 1 aromatic rings. The van der Waals surface area contributed by atoms with Gasteiger partial charge in [-0.15, -0.1) is 0 Å². The van der Waals surface area contributed by atoms with Crippen molar-refractivity contribution >= 4 is 5.69 Å². The van der Waals surface area contributed by atoms with Gasteiger partial charge in [0, 0.05) is 18.1 Å². The third kappa shape index (κ3) is 3.39. The number of hydrogen-bond donors (Lipinski definition) is 0. The number of non-ortho nitro benzene ring substituents is 1. The van der Waals surface area contributed by atoms with Crippen LogP contribution in [0.1, 0.15) is 25.3 Å². The first-order chi connectivity index (χ1) is 7.13. The lowest BCUT2D eigenvalue weighted by atomic mass is 10.2. The standard InChI is InChI=1S/C11H10FNO2/c1-2-3-4-5-9-6-10(12)8-11(7-9)13(14)15/h6-8H,2-3H2,1H3. The minimum Gasteiger partial charge on any atom is -0.258 e. The predicted molar refractivity (Wildman–Crippen MR) is 54.8 cm³/mol. The maximum Gasteiger partial charge on any atom is 0.273 e. The third-order valence-electron chi connectivity index (χ3n) is 1.70. The van der Waals surface area contributed by atoms with Crippen LogP contribution in [0, 0.1) is 27.8 Å². The summed E-state index contributed by atoms with van der Waals surface area (Å²) in [6.45, 7) is 1.97. The van der Waals surface area contributed by atoms with E-state index in [1.807, 2.05) is 6.92 Å². The molecule has 1 rings (SSSR count). The fourth-order valence-electron chi connectivity index (χ4n) is 1.04. The Bertz CT molecular complexity index is 432. The quantitative estimate of drug-likeness (QED) is 0.425. The van der Waals surface area contributed by atoms with Crippen molar-refractivity contribution in [3.63, 3.8) is 0 Å². The zero-order valence-corrected chi connectivity index (χ0v) is 8.29. The monoisotopic (exact) mass is 207 g/mol. The van der Waals surface area contributed by atoms with E-state index in [0.29, 0.717) is 12.0 Å². The second kappa shape index (κ2) is 5.11. The van der Waals surface area contributed by atoms with Crippen LogP contribution in [0.4, 0.5) is 10.1 Å². The van der Waals surface area contributed by atoms with Gasteiger partial charge in [-0.1, -0.05) is 18.8 Å². The first kappa shape index (κ1) is 11.2. The van der Waals surface area contributed by atoms with Crippen molar-refractivity contribution in [1.82, 2.24) is 0 Å². The summed E-state index contributed by atoms with van der Waals surface area (Å²) in [4.78, 5) is 9.80. The van der Waals surface area contributed by atoms with Crippen LogP contribution in [0.25, 0.3) is 0 Å². The van der Waals surface area contributed by atoms with Crippen LogP contribution in [0.3, 0.4) is 0 Å². The average molecular weight is 207 g/mol. The normalized spacial score (nSPS) is 9.20. The highest BCUT2D eigenvalue weighted by molar-refractivity contribution is 5.43. The van der Waals surface area contributed by atoms with Gasteiger partial charge in [-0.3, -0.25) is 10.1 Å². The van der Waals surface area contributed by atoms with E-state index in [9.17, 15) is 14.5 Å². The summed E-state index contributed by atoms with van der Waals surface area (Å²) in [6, 6.07) is 3.34. The second-order valence-corrected chi connectivity index (χ2v) is 3.01. The summed E-state index contributed by atoms with van der Waals surface area (Å²) in [5, 5.41) is 10.4. The number of hydrogen-bond acceptors (Lipinski definition) is 2. The number of unbranched alkanes of at least 4 members (excludes halogenated alkanes) is 1. The Kier molecular flexibility index (Phi) is 3.81. The topological polar surface area (TPSA) is 43.1 Å². The van der Waals surface area contributed by atoms with Gasteiger partial charge in [-0.2, -0.15) is 0 Å². The SMILES string of the molecule is CCCC#Cc1cc(F)cc([N+](=O)[O-])c1. The Hall–Kier alpha value is -1.89. The molecule has 4 heteroatoms. The number of benzene rings is 1. The minimum atomic E-state index is -0.634. The second-order valence-electron chi connectivity index (χ2n) is 3.01. The van der Waals surface area contributed by atoms with Gasteiger partial charge in [-0.25, -0.2) is 4.39 Å². The molecule has 0 spiro atoms. The van der Waals surface area contributed by atoms with Crippen molar-refractivity contribution in [1.29, 1.82) is 0 Å². The lowest BCUT2D eigenvalue weighted by Gasteiger charge is -1.93. The van der Waals surface area contributed by atoms with Gasteiger partial charge in [-0.05, 0) is 12.5 Å².